The van der Waals surface area contributed by atoms with Crippen molar-refractivity contribution in [3.63, 3.8) is 0 Å². The van der Waals surface area contributed by atoms with Crippen LogP contribution in [0.1, 0.15) is 29.0 Å². The van der Waals surface area contributed by atoms with E-state index in [2.05, 4.69) is 26.0 Å². The van der Waals surface area contributed by atoms with Crippen molar-refractivity contribution in [2.45, 2.75) is 30.7 Å². The molecule has 4 rings (SSSR count). The molecule has 0 saturated heterocycles. The number of sulfonamides is 1. The summed E-state index contributed by atoms with van der Waals surface area (Å²) in [5, 5.41) is 3.53. The summed E-state index contributed by atoms with van der Waals surface area (Å²) < 4.78 is 39.5. The van der Waals surface area contributed by atoms with Gasteiger partial charge in [-0.1, -0.05) is 15.9 Å². The molecule has 2 aromatic carbocycles. The van der Waals surface area contributed by atoms with Gasteiger partial charge in [-0.25, -0.2) is 13.1 Å². The van der Waals surface area contributed by atoms with Crippen molar-refractivity contribution in [3.05, 3.63) is 52.2 Å². The lowest BCUT2D eigenvalue weighted by Crippen LogP contribution is -2.26. The van der Waals surface area contributed by atoms with E-state index in [-0.39, 0.29) is 22.4 Å². The summed E-state index contributed by atoms with van der Waals surface area (Å²) in [4.78, 5) is 12.9. The van der Waals surface area contributed by atoms with Crippen LogP contribution in [0, 0.1) is 6.92 Å². The first-order valence-electron chi connectivity index (χ1n) is 8.99. The largest absolute Gasteiger partial charge is 0.495 e. The van der Waals surface area contributed by atoms with Gasteiger partial charge in [-0.05, 0) is 56.2 Å². The second-order valence-electron chi connectivity index (χ2n) is 6.91. The molecule has 1 amide bonds. The number of nitrogens with one attached hydrogen (secondary N) is 2. The molecule has 1 saturated carbocycles. The Kier molecular flexibility index (Phi) is 5.14. The topological polar surface area (TPSA) is 97.6 Å². The second kappa shape index (κ2) is 7.47. The smallest absolute Gasteiger partial charge is 0.291 e. The number of hydrogen-bond donors (Lipinski definition) is 2. The number of methoxy groups -OCH3 is 1. The SMILES string of the molecule is COc1ccc(S(=O)(=O)NC2CC2)cc1NC(=O)c1oc2ccc(Br)cc2c1C. The average molecular weight is 479 g/mol. The van der Waals surface area contributed by atoms with Crippen LogP contribution in [0.2, 0.25) is 0 Å². The van der Waals surface area contributed by atoms with E-state index in [1.165, 1.54) is 25.3 Å². The van der Waals surface area contributed by atoms with Crippen molar-refractivity contribution in [1.82, 2.24) is 4.72 Å². The number of anilines is 1. The summed E-state index contributed by atoms with van der Waals surface area (Å²) in [6, 6.07) is 9.82. The summed E-state index contributed by atoms with van der Waals surface area (Å²) in [6.07, 6.45) is 1.67. The fourth-order valence-electron chi connectivity index (χ4n) is 3.03. The van der Waals surface area contributed by atoms with E-state index in [0.29, 0.717) is 16.9 Å². The van der Waals surface area contributed by atoms with Crippen LogP contribution >= 0.6 is 15.9 Å². The summed E-state index contributed by atoms with van der Waals surface area (Å²) >= 11 is 3.41. The molecule has 1 aliphatic rings. The predicted octanol–water partition coefficient (Wildman–Crippen LogP) is 4.21. The van der Waals surface area contributed by atoms with Crippen molar-refractivity contribution in [2.75, 3.05) is 12.4 Å². The minimum atomic E-state index is -3.66. The van der Waals surface area contributed by atoms with Crippen molar-refractivity contribution >= 4 is 48.5 Å². The number of furan rings is 1. The summed E-state index contributed by atoms with van der Waals surface area (Å²) in [5.74, 6) is 0.0163. The zero-order valence-electron chi connectivity index (χ0n) is 15.8. The van der Waals surface area contributed by atoms with E-state index in [1.54, 1.807) is 13.0 Å². The van der Waals surface area contributed by atoms with Crippen LogP contribution in [0.15, 0.2) is 50.2 Å². The summed E-state index contributed by atoms with van der Waals surface area (Å²) in [5.41, 5.74) is 1.53. The van der Waals surface area contributed by atoms with Crippen LogP contribution in [0.5, 0.6) is 5.75 Å². The van der Waals surface area contributed by atoms with Gasteiger partial charge in [0.15, 0.2) is 5.76 Å². The van der Waals surface area contributed by atoms with E-state index < -0.39 is 15.9 Å². The molecule has 0 aliphatic heterocycles. The Morgan fingerprint density at radius 1 is 1.21 bits per heavy atom. The van der Waals surface area contributed by atoms with Gasteiger partial charge < -0.3 is 14.5 Å². The first-order valence-corrected chi connectivity index (χ1v) is 11.3. The quantitative estimate of drug-likeness (QED) is 0.552. The lowest BCUT2D eigenvalue weighted by atomic mass is 10.1. The van der Waals surface area contributed by atoms with E-state index in [9.17, 15) is 13.2 Å². The number of aryl methyl sites for hydroxylation is 1. The molecule has 0 bridgehead atoms. The number of fused-ring (bicyclic) bond motifs is 1. The molecule has 9 heteroatoms. The Morgan fingerprint density at radius 2 is 1.97 bits per heavy atom. The third-order valence-electron chi connectivity index (χ3n) is 4.73. The van der Waals surface area contributed by atoms with Crippen LogP contribution in [0.4, 0.5) is 5.69 Å². The summed E-state index contributed by atoms with van der Waals surface area (Å²) in [6.45, 7) is 1.80. The van der Waals surface area contributed by atoms with Crippen molar-refractivity contribution in [2.24, 2.45) is 0 Å². The van der Waals surface area contributed by atoms with Gasteiger partial charge in [0.1, 0.15) is 11.3 Å². The molecular weight excluding hydrogens is 460 g/mol. The minimum Gasteiger partial charge on any atom is -0.495 e. The number of amides is 1. The van der Waals surface area contributed by atoms with E-state index >= 15 is 0 Å². The van der Waals surface area contributed by atoms with Crippen LogP contribution in [0.3, 0.4) is 0 Å². The number of carbonyl (C=O) groups is 1. The summed E-state index contributed by atoms with van der Waals surface area (Å²) in [7, 11) is -2.21. The number of rotatable bonds is 6. The highest BCUT2D eigenvalue weighted by Crippen LogP contribution is 2.32. The average Bonchev–Trinajstić information content (AvgIpc) is 3.43. The van der Waals surface area contributed by atoms with Crippen LogP contribution in [-0.4, -0.2) is 27.5 Å². The molecule has 1 aliphatic carbocycles. The highest BCUT2D eigenvalue weighted by molar-refractivity contribution is 9.10. The third kappa shape index (κ3) is 4.03. The number of carbonyl (C=O) groups excluding carboxylic acids is 1. The van der Waals surface area contributed by atoms with Gasteiger partial charge in [0.2, 0.25) is 10.0 Å². The molecule has 1 aromatic heterocycles. The Bertz CT molecular complexity index is 1220. The second-order valence-corrected chi connectivity index (χ2v) is 9.54. The monoisotopic (exact) mass is 478 g/mol. The van der Waals surface area contributed by atoms with E-state index in [4.69, 9.17) is 9.15 Å². The molecule has 3 aromatic rings. The molecule has 2 N–H and O–H groups in total. The Hall–Kier alpha value is -2.36. The van der Waals surface area contributed by atoms with Gasteiger partial charge in [-0.3, -0.25) is 4.79 Å². The maximum Gasteiger partial charge on any atom is 0.291 e. The molecule has 0 radical (unpaired) electrons. The van der Waals surface area contributed by atoms with Gasteiger partial charge in [0.05, 0.1) is 17.7 Å². The Labute approximate surface area is 176 Å². The molecule has 1 fully saturated rings. The molecule has 152 valence electrons. The number of benzene rings is 2. The number of hydrogen-bond acceptors (Lipinski definition) is 5. The first kappa shape index (κ1) is 19.9. The number of halogens is 1. The van der Waals surface area contributed by atoms with Gasteiger partial charge in [0.25, 0.3) is 5.91 Å². The van der Waals surface area contributed by atoms with Gasteiger partial charge >= 0.3 is 0 Å². The van der Waals surface area contributed by atoms with Crippen LogP contribution in [0.25, 0.3) is 11.0 Å². The molecule has 7 nitrogen and oxygen atoms in total. The maximum atomic E-state index is 12.9. The van der Waals surface area contributed by atoms with Crippen molar-refractivity contribution in [3.8, 4) is 5.75 Å². The lowest BCUT2D eigenvalue weighted by molar-refractivity contribution is 0.0997. The van der Waals surface area contributed by atoms with Crippen molar-refractivity contribution < 1.29 is 22.4 Å². The Morgan fingerprint density at radius 3 is 2.66 bits per heavy atom. The molecule has 0 spiro atoms. The molecule has 0 unspecified atom stereocenters. The minimum absolute atomic E-state index is 0.0161. The van der Waals surface area contributed by atoms with Gasteiger partial charge in [-0.15, -0.1) is 0 Å². The zero-order valence-corrected chi connectivity index (χ0v) is 18.2. The van der Waals surface area contributed by atoms with Crippen LogP contribution < -0.4 is 14.8 Å². The normalized spacial score (nSPS) is 14.2. The third-order valence-corrected chi connectivity index (χ3v) is 6.74. The van der Waals surface area contributed by atoms with E-state index in [1.807, 2.05) is 12.1 Å². The molecule has 1 heterocycles. The predicted molar refractivity (Wildman–Crippen MR) is 113 cm³/mol. The molecule has 29 heavy (non-hydrogen) atoms. The van der Waals surface area contributed by atoms with E-state index in [0.717, 1.165) is 22.7 Å². The lowest BCUT2D eigenvalue weighted by Gasteiger charge is -2.12. The fraction of sp³-hybridized carbons (Fsp3) is 0.250. The first-order chi connectivity index (χ1) is 13.8. The van der Waals surface area contributed by atoms with Gasteiger partial charge in [-0.2, -0.15) is 0 Å². The van der Waals surface area contributed by atoms with Gasteiger partial charge in [0, 0.05) is 21.5 Å². The highest BCUT2D eigenvalue weighted by Gasteiger charge is 2.29. The molecule has 0 atom stereocenters. The van der Waals surface area contributed by atoms with Crippen LogP contribution in [-0.2, 0) is 10.0 Å². The standard InChI is InChI=1S/C20H19BrN2O5S/c1-11-15-9-12(21)3-7-17(15)28-19(11)20(24)22-16-10-14(6-8-18(16)27-2)29(25,26)23-13-4-5-13/h3,6-10,13,23H,4-5H2,1-2H3,(H,22,24). The number of ether oxygens (including phenoxy) is 1. The molecular formula is C20H19BrN2O5S. The Balaban J connectivity index is 1.67. The maximum absolute atomic E-state index is 12.9. The van der Waals surface area contributed by atoms with Crippen molar-refractivity contribution in [1.29, 1.82) is 0 Å². The fourth-order valence-corrected chi connectivity index (χ4v) is 4.72. The zero-order chi connectivity index (χ0) is 20.8. The highest BCUT2D eigenvalue weighted by atomic mass is 79.9.